The summed E-state index contributed by atoms with van der Waals surface area (Å²) >= 11 is 4.88. The Hall–Kier alpha value is -1.03. The van der Waals surface area contributed by atoms with Gasteiger partial charge in [-0.25, -0.2) is 0 Å². The molecule has 0 saturated heterocycles. The first-order valence-electron chi connectivity index (χ1n) is 3.16. The molecule has 1 aliphatic rings. The van der Waals surface area contributed by atoms with Crippen molar-refractivity contribution in [3.05, 3.63) is 11.8 Å². The maximum absolute atomic E-state index is 10.2. The van der Waals surface area contributed by atoms with Gasteiger partial charge in [0.25, 0.3) is 0 Å². The lowest BCUT2D eigenvalue weighted by atomic mass is 10.2. The highest BCUT2D eigenvalue weighted by atomic mass is 32.1. The molecule has 1 heterocycles. The minimum absolute atomic E-state index is 0.0450. The number of carboxylic acid groups (broad SMARTS) is 1. The number of rotatable bonds is 2. The quantitative estimate of drug-likeness (QED) is 0.632. The van der Waals surface area contributed by atoms with E-state index in [0.29, 0.717) is 12.1 Å². The van der Waals surface area contributed by atoms with Crippen molar-refractivity contribution >= 4 is 29.3 Å². The Morgan fingerprint density at radius 1 is 1.82 bits per heavy atom. The lowest BCUT2D eigenvalue weighted by Crippen LogP contribution is -2.03. The number of carbonyl (C=O) groups is 1. The Balaban J connectivity index is 2.64. The number of allylic oxidation sites excluding steroid dienone is 1. The molecule has 0 amide bonds. The van der Waals surface area contributed by atoms with Crippen LogP contribution in [0.1, 0.15) is 12.8 Å². The molecule has 58 valence electrons. The Bertz CT molecular complexity index is 255. The molecule has 0 bridgehead atoms. The largest absolute Gasteiger partial charge is 0.481 e. The van der Waals surface area contributed by atoms with Crippen molar-refractivity contribution in [2.24, 2.45) is 4.99 Å². The molecular weight excluding hydrogens is 162 g/mol. The van der Waals surface area contributed by atoms with E-state index in [0.717, 1.165) is 4.86 Å². The van der Waals surface area contributed by atoms with E-state index in [1.54, 1.807) is 12.3 Å². The van der Waals surface area contributed by atoms with E-state index in [2.05, 4.69) is 4.99 Å². The van der Waals surface area contributed by atoms with Crippen LogP contribution in [0.25, 0.3) is 0 Å². The molecule has 3 nitrogen and oxygen atoms in total. The van der Waals surface area contributed by atoms with Crippen LogP contribution in [0.5, 0.6) is 0 Å². The summed E-state index contributed by atoms with van der Waals surface area (Å²) in [4.78, 5) is 14.9. The second-order valence-electron chi connectivity index (χ2n) is 2.19. The fraction of sp³-hybridized carbons (Fsp3) is 0.286. The number of nitrogens with zero attached hydrogens (tertiary/aromatic N) is 1. The van der Waals surface area contributed by atoms with Crippen molar-refractivity contribution in [1.29, 1.82) is 0 Å². The normalized spacial score (nSPS) is 16.4. The van der Waals surface area contributed by atoms with Crippen LogP contribution >= 0.6 is 12.2 Å². The molecule has 0 aliphatic carbocycles. The maximum Gasteiger partial charge on any atom is 0.309 e. The summed E-state index contributed by atoms with van der Waals surface area (Å²) in [6.07, 6.45) is 3.89. The summed E-state index contributed by atoms with van der Waals surface area (Å²) in [5, 5.41) is 8.39. The first kappa shape index (κ1) is 8.07. The zero-order chi connectivity index (χ0) is 8.27. The molecule has 0 fully saturated rings. The third kappa shape index (κ3) is 2.59. The van der Waals surface area contributed by atoms with Crippen molar-refractivity contribution in [2.45, 2.75) is 12.8 Å². The number of aliphatic imine (C=N–C) groups is 1. The number of carboxylic acids is 1. The SMILES string of the molecule is O=C(O)CC1=CC(=S)CC=N1. The predicted octanol–water partition coefficient (Wildman–Crippen LogP) is 1.19. The van der Waals surface area contributed by atoms with Crippen molar-refractivity contribution < 1.29 is 9.90 Å². The van der Waals surface area contributed by atoms with E-state index in [9.17, 15) is 4.79 Å². The smallest absolute Gasteiger partial charge is 0.309 e. The van der Waals surface area contributed by atoms with Gasteiger partial charge in [0.1, 0.15) is 0 Å². The summed E-state index contributed by atoms with van der Waals surface area (Å²) in [6.45, 7) is 0. The third-order valence-electron chi connectivity index (χ3n) is 1.21. The molecular formula is C7H7NO2S. The number of aliphatic carboxylic acids is 1. The van der Waals surface area contributed by atoms with Crippen molar-refractivity contribution in [3.8, 4) is 0 Å². The van der Waals surface area contributed by atoms with Gasteiger partial charge in [0.2, 0.25) is 0 Å². The highest BCUT2D eigenvalue weighted by molar-refractivity contribution is 7.80. The molecule has 0 unspecified atom stereocenters. The summed E-state index contributed by atoms with van der Waals surface area (Å²) in [7, 11) is 0. The predicted molar refractivity (Wildman–Crippen MR) is 46.0 cm³/mol. The molecule has 0 radical (unpaired) electrons. The van der Waals surface area contributed by atoms with Crippen molar-refractivity contribution in [3.63, 3.8) is 0 Å². The van der Waals surface area contributed by atoms with Gasteiger partial charge >= 0.3 is 5.97 Å². The van der Waals surface area contributed by atoms with Crippen LogP contribution in [0.3, 0.4) is 0 Å². The minimum atomic E-state index is -0.877. The van der Waals surface area contributed by atoms with E-state index in [-0.39, 0.29) is 6.42 Å². The monoisotopic (exact) mass is 169 g/mol. The van der Waals surface area contributed by atoms with Crippen LogP contribution in [0.15, 0.2) is 16.8 Å². The molecule has 0 aromatic heterocycles. The zero-order valence-electron chi connectivity index (χ0n) is 5.78. The lowest BCUT2D eigenvalue weighted by Gasteiger charge is -2.03. The topological polar surface area (TPSA) is 49.7 Å². The Morgan fingerprint density at radius 3 is 3.09 bits per heavy atom. The summed E-state index contributed by atoms with van der Waals surface area (Å²) in [5.74, 6) is -0.877. The van der Waals surface area contributed by atoms with Gasteiger partial charge in [-0.3, -0.25) is 9.79 Å². The molecule has 11 heavy (non-hydrogen) atoms. The highest BCUT2D eigenvalue weighted by Crippen LogP contribution is 2.08. The molecule has 1 N–H and O–H groups in total. The fourth-order valence-corrected chi connectivity index (χ4v) is 0.997. The molecule has 0 saturated carbocycles. The van der Waals surface area contributed by atoms with Crippen LogP contribution in [0, 0.1) is 0 Å². The Labute approximate surface area is 69.4 Å². The molecule has 0 atom stereocenters. The van der Waals surface area contributed by atoms with Gasteiger partial charge in [-0.15, -0.1) is 0 Å². The number of thiocarbonyl (C=S) groups is 1. The zero-order valence-corrected chi connectivity index (χ0v) is 6.60. The van der Waals surface area contributed by atoms with Gasteiger partial charge in [0.15, 0.2) is 0 Å². The summed E-state index contributed by atoms with van der Waals surface area (Å²) < 4.78 is 0. The van der Waals surface area contributed by atoms with Gasteiger partial charge in [-0.2, -0.15) is 0 Å². The second kappa shape index (κ2) is 3.39. The average Bonchev–Trinajstić information content (AvgIpc) is 1.85. The van der Waals surface area contributed by atoms with Gasteiger partial charge < -0.3 is 5.11 Å². The van der Waals surface area contributed by atoms with Crippen LogP contribution in [-0.2, 0) is 4.79 Å². The fourth-order valence-electron chi connectivity index (χ4n) is 0.787. The molecule has 0 aromatic rings. The highest BCUT2D eigenvalue weighted by Gasteiger charge is 2.06. The Kier molecular flexibility index (Phi) is 2.48. The molecule has 1 rings (SSSR count). The molecule has 4 heteroatoms. The third-order valence-corrected chi connectivity index (χ3v) is 1.49. The minimum Gasteiger partial charge on any atom is -0.481 e. The van der Waals surface area contributed by atoms with E-state index in [1.807, 2.05) is 0 Å². The van der Waals surface area contributed by atoms with Gasteiger partial charge in [-0.05, 0) is 6.08 Å². The average molecular weight is 169 g/mol. The van der Waals surface area contributed by atoms with Gasteiger partial charge in [0, 0.05) is 17.5 Å². The molecule has 0 aromatic carbocycles. The standard InChI is InChI=1S/C7H7NO2S/c9-7(10)4-5-3-6(11)1-2-8-5/h2-3H,1,4H2,(H,9,10). The van der Waals surface area contributed by atoms with Crippen molar-refractivity contribution in [1.82, 2.24) is 0 Å². The van der Waals surface area contributed by atoms with Crippen LogP contribution in [0.4, 0.5) is 0 Å². The van der Waals surface area contributed by atoms with E-state index in [4.69, 9.17) is 17.3 Å². The van der Waals surface area contributed by atoms with E-state index >= 15 is 0 Å². The first-order valence-corrected chi connectivity index (χ1v) is 3.57. The summed E-state index contributed by atoms with van der Waals surface area (Å²) in [5.41, 5.74) is 0.536. The van der Waals surface area contributed by atoms with Crippen LogP contribution in [-0.4, -0.2) is 22.2 Å². The van der Waals surface area contributed by atoms with Gasteiger partial charge in [0.05, 0.1) is 12.1 Å². The number of hydrogen-bond donors (Lipinski definition) is 1. The van der Waals surface area contributed by atoms with E-state index in [1.165, 1.54) is 0 Å². The van der Waals surface area contributed by atoms with Gasteiger partial charge in [-0.1, -0.05) is 12.2 Å². The second-order valence-corrected chi connectivity index (χ2v) is 2.71. The number of hydrogen-bond acceptors (Lipinski definition) is 3. The Morgan fingerprint density at radius 2 is 2.55 bits per heavy atom. The molecule has 1 aliphatic heterocycles. The van der Waals surface area contributed by atoms with Crippen LogP contribution < -0.4 is 0 Å². The molecule has 0 spiro atoms. The van der Waals surface area contributed by atoms with Crippen LogP contribution in [0.2, 0.25) is 0 Å². The lowest BCUT2D eigenvalue weighted by molar-refractivity contribution is -0.136. The van der Waals surface area contributed by atoms with E-state index < -0.39 is 5.97 Å². The first-order chi connectivity index (χ1) is 5.18. The summed E-state index contributed by atoms with van der Waals surface area (Å²) in [6, 6.07) is 0. The maximum atomic E-state index is 10.2. The van der Waals surface area contributed by atoms with Crippen molar-refractivity contribution in [2.75, 3.05) is 0 Å².